The zero-order chi connectivity index (χ0) is 9.84. The Morgan fingerprint density at radius 1 is 1.85 bits per heavy atom. The van der Waals surface area contributed by atoms with Crippen LogP contribution in [0, 0.1) is 0 Å². The lowest BCUT2D eigenvalue weighted by atomic mass is 10.1. The van der Waals surface area contributed by atoms with Crippen molar-refractivity contribution in [2.24, 2.45) is 0 Å². The van der Waals surface area contributed by atoms with Crippen molar-refractivity contribution in [1.82, 2.24) is 4.98 Å². The molecular formula is C8H10ClNO2S. The van der Waals surface area contributed by atoms with E-state index in [2.05, 4.69) is 4.98 Å². The second-order valence-corrected chi connectivity index (χ2v) is 4.13. The van der Waals surface area contributed by atoms with Gasteiger partial charge in [-0.2, -0.15) is 0 Å². The first-order valence-electron chi connectivity index (χ1n) is 3.93. The molecule has 0 aliphatic rings. The fraction of sp³-hybridized carbons (Fsp3) is 0.500. The van der Waals surface area contributed by atoms with Crippen molar-refractivity contribution in [1.29, 1.82) is 0 Å². The van der Waals surface area contributed by atoms with Crippen molar-refractivity contribution in [3.63, 3.8) is 0 Å². The van der Waals surface area contributed by atoms with E-state index in [4.69, 9.17) is 16.3 Å². The van der Waals surface area contributed by atoms with Gasteiger partial charge in [-0.1, -0.05) is 11.6 Å². The second kappa shape index (κ2) is 4.58. The molecule has 0 aromatic carbocycles. The Balaban J connectivity index is 2.67. The van der Waals surface area contributed by atoms with Crippen LogP contribution < -0.4 is 0 Å². The van der Waals surface area contributed by atoms with Gasteiger partial charge in [-0.15, -0.1) is 11.3 Å². The summed E-state index contributed by atoms with van der Waals surface area (Å²) < 4.78 is 5.31. The summed E-state index contributed by atoms with van der Waals surface area (Å²) in [5.74, 6) is -0.507. The molecule has 0 saturated heterocycles. The third kappa shape index (κ3) is 2.67. The number of aromatic nitrogens is 1. The van der Waals surface area contributed by atoms with Crippen LogP contribution in [0.3, 0.4) is 0 Å². The first kappa shape index (κ1) is 10.5. The summed E-state index contributed by atoms with van der Waals surface area (Å²) >= 11 is 6.95. The highest BCUT2D eigenvalue weighted by Crippen LogP contribution is 2.26. The number of esters is 1. The third-order valence-corrected chi connectivity index (χ3v) is 2.86. The van der Waals surface area contributed by atoms with Gasteiger partial charge in [0.25, 0.3) is 0 Å². The van der Waals surface area contributed by atoms with Crippen LogP contribution >= 0.6 is 22.9 Å². The maximum Gasteiger partial charge on any atom is 0.314 e. The molecule has 0 N–H and O–H groups in total. The van der Waals surface area contributed by atoms with Crippen LogP contribution in [0.1, 0.15) is 24.6 Å². The summed E-state index contributed by atoms with van der Waals surface area (Å²) in [5, 5.41) is 0. The maximum absolute atomic E-state index is 11.3. The Hall–Kier alpha value is -0.610. The topological polar surface area (TPSA) is 39.2 Å². The average Bonchev–Trinajstić information content (AvgIpc) is 2.51. The van der Waals surface area contributed by atoms with E-state index in [0.29, 0.717) is 11.1 Å². The summed E-state index contributed by atoms with van der Waals surface area (Å²) in [4.78, 5) is 16.0. The van der Waals surface area contributed by atoms with Gasteiger partial charge in [0.15, 0.2) is 4.47 Å². The van der Waals surface area contributed by atoms with Crippen LogP contribution in [-0.4, -0.2) is 17.6 Å². The molecule has 1 rings (SSSR count). The molecule has 0 bridgehead atoms. The van der Waals surface area contributed by atoms with E-state index in [1.807, 2.05) is 0 Å². The van der Waals surface area contributed by atoms with Crippen molar-refractivity contribution in [2.75, 3.05) is 6.61 Å². The molecule has 1 aromatic rings. The molecule has 0 amide bonds. The summed E-state index contributed by atoms with van der Waals surface area (Å²) in [7, 11) is 0. The summed E-state index contributed by atoms with van der Waals surface area (Å²) in [6, 6.07) is 0. The predicted octanol–water partition coefficient (Wildman–Crippen LogP) is 2.46. The monoisotopic (exact) mass is 219 g/mol. The average molecular weight is 220 g/mol. The lowest BCUT2D eigenvalue weighted by Crippen LogP contribution is -2.11. The number of hydrogen-bond acceptors (Lipinski definition) is 4. The molecule has 13 heavy (non-hydrogen) atoms. The van der Waals surface area contributed by atoms with Crippen molar-refractivity contribution >= 4 is 28.9 Å². The molecule has 0 radical (unpaired) electrons. The Bertz CT molecular complexity index is 300. The van der Waals surface area contributed by atoms with Crippen LogP contribution in [-0.2, 0) is 9.53 Å². The third-order valence-electron chi connectivity index (χ3n) is 1.56. The highest BCUT2D eigenvalue weighted by atomic mass is 35.5. The van der Waals surface area contributed by atoms with Gasteiger partial charge in [0.2, 0.25) is 0 Å². The molecule has 0 fully saturated rings. The van der Waals surface area contributed by atoms with Crippen molar-refractivity contribution in [3.05, 3.63) is 15.5 Å². The van der Waals surface area contributed by atoms with Crippen LogP contribution in [0.25, 0.3) is 0 Å². The Labute approximate surface area is 85.7 Å². The molecule has 5 heteroatoms. The Morgan fingerprint density at radius 2 is 2.54 bits per heavy atom. The van der Waals surface area contributed by atoms with E-state index in [1.165, 1.54) is 11.3 Å². The molecule has 0 aliphatic carbocycles. The quantitative estimate of drug-likeness (QED) is 0.734. The summed E-state index contributed by atoms with van der Waals surface area (Å²) in [5.41, 5.74) is 0. The van der Waals surface area contributed by atoms with Crippen LogP contribution in [0.2, 0.25) is 4.47 Å². The highest BCUT2D eigenvalue weighted by Gasteiger charge is 2.18. The normalized spacial score (nSPS) is 12.5. The molecule has 1 heterocycles. The van der Waals surface area contributed by atoms with Crippen LogP contribution in [0.15, 0.2) is 6.20 Å². The van der Waals surface area contributed by atoms with Gasteiger partial charge >= 0.3 is 5.97 Å². The van der Waals surface area contributed by atoms with E-state index < -0.39 is 0 Å². The zero-order valence-electron chi connectivity index (χ0n) is 7.41. The van der Waals surface area contributed by atoms with Crippen molar-refractivity contribution < 1.29 is 9.53 Å². The molecule has 1 aromatic heterocycles. The first-order valence-corrected chi connectivity index (χ1v) is 5.12. The number of hydrogen-bond donors (Lipinski definition) is 0. The smallest absolute Gasteiger partial charge is 0.314 e. The second-order valence-electron chi connectivity index (χ2n) is 2.49. The van der Waals surface area contributed by atoms with Crippen molar-refractivity contribution in [2.45, 2.75) is 19.8 Å². The molecule has 1 unspecified atom stereocenters. The minimum absolute atomic E-state index is 0.234. The standard InChI is InChI=1S/C8H10ClNO2S/c1-3-12-7(11)5(2)6-4-10-8(9)13-6/h4-5H,3H2,1-2H3. The molecule has 0 aliphatic heterocycles. The SMILES string of the molecule is CCOC(=O)C(C)c1cnc(Cl)s1. The molecular weight excluding hydrogens is 210 g/mol. The van der Waals surface area contributed by atoms with E-state index in [-0.39, 0.29) is 11.9 Å². The number of nitrogens with zero attached hydrogens (tertiary/aromatic N) is 1. The van der Waals surface area contributed by atoms with E-state index in [9.17, 15) is 4.79 Å². The van der Waals surface area contributed by atoms with Gasteiger partial charge in [0.1, 0.15) is 0 Å². The Morgan fingerprint density at radius 3 is 3.00 bits per heavy atom. The summed E-state index contributed by atoms with van der Waals surface area (Å²) in [6.07, 6.45) is 1.61. The minimum Gasteiger partial charge on any atom is -0.466 e. The van der Waals surface area contributed by atoms with E-state index in [1.54, 1.807) is 20.0 Å². The number of thiazole rings is 1. The number of carbonyl (C=O) groups excluding carboxylic acids is 1. The molecule has 72 valence electrons. The maximum atomic E-state index is 11.3. The first-order chi connectivity index (χ1) is 6.15. The van der Waals surface area contributed by atoms with Crippen LogP contribution in [0.4, 0.5) is 0 Å². The lowest BCUT2D eigenvalue weighted by molar-refractivity contribution is -0.144. The number of rotatable bonds is 3. The summed E-state index contributed by atoms with van der Waals surface area (Å²) in [6.45, 7) is 3.96. The largest absolute Gasteiger partial charge is 0.466 e. The lowest BCUT2D eigenvalue weighted by Gasteiger charge is -2.06. The predicted molar refractivity (Wildman–Crippen MR) is 52.2 cm³/mol. The van der Waals surface area contributed by atoms with Gasteiger partial charge in [-0.05, 0) is 13.8 Å². The number of halogens is 1. The molecule has 1 atom stereocenters. The van der Waals surface area contributed by atoms with E-state index >= 15 is 0 Å². The Kier molecular flexibility index (Phi) is 3.69. The van der Waals surface area contributed by atoms with Crippen molar-refractivity contribution in [3.8, 4) is 0 Å². The highest BCUT2D eigenvalue weighted by molar-refractivity contribution is 7.15. The number of ether oxygens (including phenoxy) is 1. The minimum atomic E-state index is -0.273. The van der Waals surface area contributed by atoms with Gasteiger partial charge in [0.05, 0.1) is 12.5 Å². The molecule has 0 spiro atoms. The fourth-order valence-electron chi connectivity index (χ4n) is 0.848. The van der Waals surface area contributed by atoms with Gasteiger partial charge in [-0.25, -0.2) is 4.98 Å². The van der Waals surface area contributed by atoms with Gasteiger partial charge in [0, 0.05) is 11.1 Å². The fourth-order valence-corrected chi connectivity index (χ4v) is 1.84. The van der Waals surface area contributed by atoms with E-state index in [0.717, 1.165) is 4.88 Å². The van der Waals surface area contributed by atoms with Crippen LogP contribution in [0.5, 0.6) is 0 Å². The zero-order valence-corrected chi connectivity index (χ0v) is 8.98. The van der Waals surface area contributed by atoms with Gasteiger partial charge in [-0.3, -0.25) is 4.79 Å². The molecule has 3 nitrogen and oxygen atoms in total. The molecule has 0 saturated carbocycles. The number of carbonyl (C=O) groups is 1. The van der Waals surface area contributed by atoms with Gasteiger partial charge < -0.3 is 4.74 Å².